The van der Waals surface area contributed by atoms with Crippen LogP contribution in [-0.4, -0.2) is 27.7 Å². The summed E-state index contributed by atoms with van der Waals surface area (Å²) in [6.07, 6.45) is 3.46. The maximum Gasteiger partial charge on any atom is 0.162 e. The molecule has 0 spiro atoms. The molecule has 0 aliphatic heterocycles. The Bertz CT molecular complexity index is 527. The minimum absolute atomic E-state index is 0.194. The second-order valence-electron chi connectivity index (χ2n) is 5.62. The molecule has 5 nitrogen and oxygen atoms in total. The third kappa shape index (κ3) is 2.98. The van der Waals surface area contributed by atoms with E-state index >= 15 is 0 Å². The van der Waals surface area contributed by atoms with E-state index in [2.05, 4.69) is 30.7 Å². The zero-order valence-corrected chi connectivity index (χ0v) is 11.2. The van der Waals surface area contributed by atoms with Crippen LogP contribution in [0.25, 0.3) is 11.2 Å². The zero-order valence-electron chi connectivity index (χ0n) is 11.2. The number of hydrogen-bond acceptors (Lipinski definition) is 4. The average Bonchev–Trinajstić information content (AvgIpc) is 2.68. The first-order valence-electron chi connectivity index (χ1n) is 6.10. The van der Waals surface area contributed by atoms with Crippen LogP contribution in [0.15, 0.2) is 18.6 Å². The van der Waals surface area contributed by atoms with E-state index in [-0.39, 0.29) is 5.41 Å². The predicted molar refractivity (Wildman–Crippen MR) is 72.2 cm³/mol. The van der Waals surface area contributed by atoms with Gasteiger partial charge in [-0.15, -0.1) is 0 Å². The quantitative estimate of drug-likeness (QED) is 0.841. The summed E-state index contributed by atoms with van der Waals surface area (Å²) in [4.78, 5) is 8.56. The summed E-state index contributed by atoms with van der Waals surface area (Å²) in [7, 11) is 0. The van der Waals surface area contributed by atoms with Crippen LogP contribution in [0, 0.1) is 5.41 Å². The van der Waals surface area contributed by atoms with Crippen LogP contribution in [0.2, 0.25) is 0 Å². The molecular formula is C13H20N4O. The zero-order chi connectivity index (χ0) is 13.2. The first kappa shape index (κ1) is 12.8. The maximum atomic E-state index is 5.83. The Morgan fingerprint density at radius 3 is 2.83 bits per heavy atom. The lowest BCUT2D eigenvalue weighted by molar-refractivity contribution is 0.0665. The summed E-state index contributed by atoms with van der Waals surface area (Å²) >= 11 is 0. The highest BCUT2D eigenvalue weighted by atomic mass is 16.5. The number of ether oxygens (including phenoxy) is 1. The number of anilines is 1. The summed E-state index contributed by atoms with van der Waals surface area (Å²) < 4.78 is 7.61. The number of aromatic nitrogens is 3. The van der Waals surface area contributed by atoms with E-state index in [1.807, 2.05) is 4.57 Å². The Morgan fingerprint density at radius 2 is 2.11 bits per heavy atom. The molecule has 2 rings (SSSR count). The van der Waals surface area contributed by atoms with E-state index < -0.39 is 0 Å². The van der Waals surface area contributed by atoms with E-state index in [4.69, 9.17) is 10.5 Å². The summed E-state index contributed by atoms with van der Waals surface area (Å²) in [5.74, 6) is 0. The van der Waals surface area contributed by atoms with Gasteiger partial charge in [0.2, 0.25) is 0 Å². The van der Waals surface area contributed by atoms with Gasteiger partial charge in [0.05, 0.1) is 25.2 Å². The number of nitrogens with zero attached hydrogens (tertiary/aromatic N) is 3. The maximum absolute atomic E-state index is 5.83. The normalized spacial score (nSPS) is 12.2. The molecule has 0 aliphatic carbocycles. The first-order chi connectivity index (χ1) is 8.47. The van der Waals surface area contributed by atoms with Crippen LogP contribution in [0.3, 0.4) is 0 Å². The van der Waals surface area contributed by atoms with Crippen LogP contribution < -0.4 is 5.73 Å². The Labute approximate surface area is 107 Å². The van der Waals surface area contributed by atoms with E-state index in [1.54, 1.807) is 18.6 Å². The van der Waals surface area contributed by atoms with Gasteiger partial charge in [0.25, 0.3) is 0 Å². The molecule has 0 unspecified atom stereocenters. The summed E-state index contributed by atoms with van der Waals surface area (Å²) in [6.45, 7) is 8.60. The van der Waals surface area contributed by atoms with Crippen molar-refractivity contribution < 1.29 is 4.74 Å². The van der Waals surface area contributed by atoms with Crippen molar-refractivity contribution in [2.75, 3.05) is 18.9 Å². The van der Waals surface area contributed by atoms with Gasteiger partial charge in [-0.1, -0.05) is 20.8 Å². The molecule has 0 fully saturated rings. The molecule has 5 heteroatoms. The molecule has 2 aromatic rings. The van der Waals surface area contributed by atoms with Crippen molar-refractivity contribution >= 4 is 16.9 Å². The van der Waals surface area contributed by atoms with Crippen molar-refractivity contribution in [3.63, 3.8) is 0 Å². The molecule has 0 aliphatic rings. The van der Waals surface area contributed by atoms with Crippen LogP contribution in [0.5, 0.6) is 0 Å². The minimum Gasteiger partial charge on any atom is -0.397 e. The fourth-order valence-electron chi connectivity index (χ4n) is 1.69. The van der Waals surface area contributed by atoms with Crippen molar-refractivity contribution in [2.45, 2.75) is 27.3 Å². The molecule has 0 amide bonds. The van der Waals surface area contributed by atoms with Crippen molar-refractivity contribution in [3.8, 4) is 0 Å². The van der Waals surface area contributed by atoms with Gasteiger partial charge >= 0.3 is 0 Å². The van der Waals surface area contributed by atoms with Crippen molar-refractivity contribution in [2.24, 2.45) is 5.41 Å². The lowest BCUT2D eigenvalue weighted by Crippen LogP contribution is -2.17. The van der Waals surface area contributed by atoms with Crippen LogP contribution >= 0.6 is 0 Å². The molecular weight excluding hydrogens is 228 g/mol. The number of pyridine rings is 1. The SMILES string of the molecule is CC(C)(C)COCCn1cnc2c(N)ccnc21. The largest absolute Gasteiger partial charge is 0.397 e. The van der Waals surface area contributed by atoms with E-state index in [9.17, 15) is 0 Å². The number of rotatable bonds is 4. The lowest BCUT2D eigenvalue weighted by atomic mass is 9.99. The van der Waals surface area contributed by atoms with E-state index in [0.717, 1.165) is 24.3 Å². The molecule has 0 radical (unpaired) electrons. The van der Waals surface area contributed by atoms with Crippen molar-refractivity contribution in [1.29, 1.82) is 0 Å². The summed E-state index contributed by atoms with van der Waals surface area (Å²) in [5.41, 5.74) is 8.26. The average molecular weight is 248 g/mol. The minimum atomic E-state index is 0.194. The molecule has 2 N–H and O–H groups in total. The van der Waals surface area contributed by atoms with Gasteiger partial charge in [-0.25, -0.2) is 9.97 Å². The van der Waals surface area contributed by atoms with Crippen LogP contribution in [-0.2, 0) is 11.3 Å². The highest BCUT2D eigenvalue weighted by Gasteiger charge is 2.10. The smallest absolute Gasteiger partial charge is 0.162 e. The Balaban J connectivity index is 1.98. The molecule has 0 bridgehead atoms. The van der Waals surface area contributed by atoms with Gasteiger partial charge in [-0.3, -0.25) is 0 Å². The monoisotopic (exact) mass is 248 g/mol. The topological polar surface area (TPSA) is 66.0 Å². The van der Waals surface area contributed by atoms with Gasteiger partial charge in [0, 0.05) is 12.7 Å². The van der Waals surface area contributed by atoms with Gasteiger partial charge < -0.3 is 15.0 Å². The highest BCUT2D eigenvalue weighted by molar-refractivity contribution is 5.83. The second-order valence-corrected chi connectivity index (χ2v) is 5.62. The molecule has 0 saturated heterocycles. The molecule has 2 aromatic heterocycles. The molecule has 98 valence electrons. The number of imidazole rings is 1. The fraction of sp³-hybridized carbons (Fsp3) is 0.538. The Kier molecular flexibility index (Phi) is 3.52. The van der Waals surface area contributed by atoms with Crippen molar-refractivity contribution in [1.82, 2.24) is 14.5 Å². The van der Waals surface area contributed by atoms with Gasteiger partial charge in [0.15, 0.2) is 5.65 Å². The Hall–Kier alpha value is -1.62. The first-order valence-corrected chi connectivity index (χ1v) is 6.10. The Morgan fingerprint density at radius 1 is 1.33 bits per heavy atom. The van der Waals surface area contributed by atoms with Crippen LogP contribution in [0.1, 0.15) is 20.8 Å². The highest BCUT2D eigenvalue weighted by Crippen LogP contribution is 2.16. The molecule has 0 atom stereocenters. The summed E-state index contributed by atoms with van der Waals surface area (Å²) in [5, 5.41) is 0. The lowest BCUT2D eigenvalue weighted by Gasteiger charge is -2.18. The third-order valence-electron chi connectivity index (χ3n) is 2.55. The number of fused-ring (bicyclic) bond motifs is 1. The summed E-state index contributed by atoms with van der Waals surface area (Å²) in [6, 6.07) is 1.76. The standard InChI is InChI=1S/C13H20N4O/c1-13(2,3)8-18-7-6-17-9-16-11-10(14)4-5-15-12(11)17/h4-5,9H,6-8H2,1-3H3,(H2,14,15). The fourth-order valence-corrected chi connectivity index (χ4v) is 1.69. The molecule has 18 heavy (non-hydrogen) atoms. The second kappa shape index (κ2) is 4.94. The van der Waals surface area contributed by atoms with Gasteiger partial charge in [-0.05, 0) is 11.5 Å². The van der Waals surface area contributed by atoms with Gasteiger partial charge in [-0.2, -0.15) is 0 Å². The molecule has 0 aromatic carbocycles. The third-order valence-corrected chi connectivity index (χ3v) is 2.55. The van der Waals surface area contributed by atoms with Gasteiger partial charge in [0.1, 0.15) is 5.52 Å². The number of nitrogens with two attached hydrogens (primary N) is 1. The van der Waals surface area contributed by atoms with Crippen molar-refractivity contribution in [3.05, 3.63) is 18.6 Å². The van der Waals surface area contributed by atoms with E-state index in [0.29, 0.717) is 12.3 Å². The number of nitrogen functional groups attached to an aromatic ring is 1. The van der Waals surface area contributed by atoms with Crippen LogP contribution in [0.4, 0.5) is 5.69 Å². The number of hydrogen-bond donors (Lipinski definition) is 1. The molecule has 0 saturated carbocycles. The van der Waals surface area contributed by atoms with E-state index in [1.165, 1.54) is 0 Å². The predicted octanol–water partition coefficient (Wildman–Crippen LogP) is 2.08. The molecule has 2 heterocycles.